The molecule has 1 saturated carbocycles. The standard InChI is InChI=1S/C9H14N.Rb/c1-7-6-8-4-2-3-5-9(8)10-7;/h8-9H,1-6H2;/q-1;+1. The number of rotatable bonds is 0. The summed E-state index contributed by atoms with van der Waals surface area (Å²) in [5, 5.41) is 0. The van der Waals surface area contributed by atoms with E-state index < -0.39 is 0 Å². The van der Waals surface area contributed by atoms with Crippen molar-refractivity contribution in [3.8, 4) is 0 Å². The maximum absolute atomic E-state index is 4.14. The van der Waals surface area contributed by atoms with Gasteiger partial charge in [0.1, 0.15) is 0 Å². The number of fused-ring (bicyclic) bond motifs is 1. The first kappa shape index (κ1) is 8.92. The van der Waals surface area contributed by atoms with Gasteiger partial charge in [0.2, 0.25) is 0 Å². The third-order valence-corrected chi connectivity index (χ3v) is 6.55. The Morgan fingerprint density at radius 3 is 2.82 bits per heavy atom. The quantitative estimate of drug-likeness (QED) is 0.604. The summed E-state index contributed by atoms with van der Waals surface area (Å²) >= 11 is 0.669. The van der Waals surface area contributed by atoms with Gasteiger partial charge in [-0.1, -0.05) is 0 Å². The molecule has 1 saturated heterocycles. The molecule has 2 unspecified atom stereocenters. The first-order chi connectivity index (χ1) is 5.29. The van der Waals surface area contributed by atoms with E-state index in [9.17, 15) is 0 Å². The molecular weight excluding hydrogens is 208 g/mol. The molecule has 1 nitrogen and oxygen atoms in total. The Bertz CT molecular complexity index is 178. The fraction of sp³-hybridized carbons (Fsp3) is 0.778. The Morgan fingerprint density at radius 2 is 2.09 bits per heavy atom. The van der Waals surface area contributed by atoms with Crippen LogP contribution in [0.5, 0.6) is 0 Å². The van der Waals surface area contributed by atoms with E-state index in [-0.39, 0.29) is 0 Å². The van der Waals surface area contributed by atoms with Crippen LogP contribution in [0.1, 0.15) is 32.1 Å². The normalized spacial score (nSPS) is 37.6. The molecule has 0 aromatic heterocycles. The topological polar surface area (TPSA) is 3.24 Å². The van der Waals surface area contributed by atoms with Gasteiger partial charge in [-0.05, 0) is 0 Å². The van der Waals surface area contributed by atoms with Gasteiger partial charge >= 0.3 is 111 Å². The van der Waals surface area contributed by atoms with Crippen LogP contribution in [0.15, 0.2) is 12.3 Å². The molecular formula is C9H14NRb. The summed E-state index contributed by atoms with van der Waals surface area (Å²) in [7, 11) is 0. The predicted molar refractivity (Wildman–Crippen MR) is 47.1 cm³/mol. The van der Waals surface area contributed by atoms with E-state index in [2.05, 4.69) is 5.22 Å². The molecule has 0 spiro atoms. The van der Waals surface area contributed by atoms with Crippen molar-refractivity contribution in [3.63, 3.8) is 0 Å². The van der Waals surface area contributed by atoms with Crippen LogP contribution >= 0.6 is 0 Å². The number of hydrogen-bond acceptors (Lipinski definition) is 1. The Labute approximate surface area is 109 Å². The molecule has 1 heterocycles. The van der Waals surface area contributed by atoms with Crippen molar-refractivity contribution in [1.29, 1.82) is 0 Å². The van der Waals surface area contributed by atoms with Crippen LogP contribution in [0.3, 0.4) is 0 Å². The molecule has 0 aromatic carbocycles. The number of nitrogens with zero attached hydrogens (tertiary/aromatic N) is 1. The monoisotopic (exact) mass is 221 g/mol. The van der Waals surface area contributed by atoms with Gasteiger partial charge in [0.15, 0.2) is 0 Å². The summed E-state index contributed by atoms with van der Waals surface area (Å²) in [5.74, 6) is 0.998. The van der Waals surface area contributed by atoms with Crippen LogP contribution in [0.4, 0.5) is 0 Å². The molecule has 2 aliphatic rings. The van der Waals surface area contributed by atoms with Crippen molar-refractivity contribution in [1.82, 2.24) is -1.36 Å². The molecule has 1 aliphatic carbocycles. The van der Waals surface area contributed by atoms with E-state index in [4.69, 9.17) is 0 Å². The summed E-state index contributed by atoms with van der Waals surface area (Å²) in [6.45, 7) is 4.14. The van der Waals surface area contributed by atoms with E-state index in [1.54, 1.807) is 0 Å². The number of hydrogen-bond donors (Lipinski definition) is 0. The zero-order valence-corrected chi connectivity index (χ0v) is 12.3. The van der Waals surface area contributed by atoms with Crippen LogP contribution in [0.2, 0.25) is 0 Å². The molecule has 0 radical (unpaired) electrons. The van der Waals surface area contributed by atoms with Gasteiger partial charge in [-0.25, -0.2) is 0 Å². The molecule has 2 fully saturated rings. The summed E-state index contributed by atoms with van der Waals surface area (Å²) in [6.07, 6.45) is 7.18. The minimum absolute atomic E-state index is 0.669. The second-order valence-corrected chi connectivity index (χ2v) is 6.36. The third kappa shape index (κ3) is 1.67. The molecule has 1 aliphatic heterocycles. The van der Waals surface area contributed by atoms with Gasteiger partial charge in [-0.2, -0.15) is 0 Å². The Morgan fingerprint density at radius 1 is 1.36 bits per heavy atom. The van der Waals surface area contributed by atoms with Crippen LogP contribution < -0.4 is 0 Å². The van der Waals surface area contributed by atoms with Gasteiger partial charge in [0.05, 0.1) is 0 Å². The van der Waals surface area contributed by atoms with Crippen LogP contribution in [-0.2, 0) is 0 Å². The molecule has 2 rings (SSSR count). The second kappa shape index (κ2) is 3.61. The summed E-state index contributed by atoms with van der Waals surface area (Å²) in [5.41, 5.74) is 1.46. The summed E-state index contributed by atoms with van der Waals surface area (Å²) < 4.78 is 2.62. The van der Waals surface area contributed by atoms with Crippen molar-refractivity contribution in [3.05, 3.63) is 12.3 Å². The molecule has 56 valence electrons. The van der Waals surface area contributed by atoms with Crippen molar-refractivity contribution >= 4 is 56.0 Å². The fourth-order valence-electron chi connectivity index (χ4n) is 2.62. The Hall–Kier alpha value is 1.35. The van der Waals surface area contributed by atoms with Gasteiger partial charge in [-0.15, -0.1) is 0 Å². The van der Waals surface area contributed by atoms with Crippen LogP contribution in [0, 0.1) is 5.92 Å². The average molecular weight is 222 g/mol. The van der Waals surface area contributed by atoms with Crippen molar-refractivity contribution < 1.29 is 0 Å². The molecule has 11 heavy (non-hydrogen) atoms. The fourth-order valence-corrected chi connectivity index (χ4v) is 4.74. The zero-order valence-electron chi connectivity index (χ0n) is 7.34. The number of allylic oxidation sites excluding steroid dienone is 1. The first-order valence-corrected chi connectivity index (χ1v) is 6.89. The van der Waals surface area contributed by atoms with Gasteiger partial charge < -0.3 is 0 Å². The molecule has 0 amide bonds. The summed E-state index contributed by atoms with van der Waals surface area (Å²) in [4.78, 5) is 0. The van der Waals surface area contributed by atoms with E-state index in [0.717, 1.165) is 12.0 Å². The Kier molecular flexibility index (Phi) is 2.93. The molecule has 2 atom stereocenters. The first-order valence-electron chi connectivity index (χ1n) is 4.69. The van der Waals surface area contributed by atoms with Crippen molar-refractivity contribution in [2.24, 2.45) is 5.92 Å². The summed E-state index contributed by atoms with van der Waals surface area (Å²) in [6, 6.07) is 0.937. The average Bonchev–Trinajstić information content (AvgIpc) is 2.30. The maximum atomic E-state index is 4.14. The van der Waals surface area contributed by atoms with E-state index >= 15 is 0 Å². The molecule has 0 bridgehead atoms. The van der Waals surface area contributed by atoms with Crippen molar-refractivity contribution in [2.45, 2.75) is 38.1 Å². The van der Waals surface area contributed by atoms with E-state index in [1.807, 2.05) is 0 Å². The SMILES string of the molecule is C=C1CC2CCCCC2[N]1[Rb]. The minimum atomic E-state index is 0.669. The Balaban J connectivity index is 2.11. The van der Waals surface area contributed by atoms with E-state index in [0.29, 0.717) is 56.0 Å². The predicted octanol–water partition coefficient (Wildman–Crippen LogP) is 1.85. The molecule has 2 heteroatoms. The zero-order chi connectivity index (χ0) is 7.84. The van der Waals surface area contributed by atoms with E-state index in [1.165, 1.54) is 37.8 Å². The third-order valence-electron chi connectivity index (χ3n) is 3.36. The van der Waals surface area contributed by atoms with Crippen LogP contribution in [-0.4, -0.2) is 60.7 Å². The van der Waals surface area contributed by atoms with Crippen molar-refractivity contribution in [2.75, 3.05) is 0 Å². The molecule has 0 N–H and O–H groups in total. The van der Waals surface area contributed by atoms with Gasteiger partial charge in [0, 0.05) is 0 Å². The van der Waals surface area contributed by atoms with Gasteiger partial charge in [0.25, 0.3) is 0 Å². The molecule has 0 aromatic rings. The van der Waals surface area contributed by atoms with Crippen LogP contribution in [0.25, 0.3) is 0 Å². The second-order valence-electron chi connectivity index (χ2n) is 3.99. The van der Waals surface area contributed by atoms with Gasteiger partial charge in [-0.3, -0.25) is 0 Å².